The molecule has 1 aromatic heterocycles. The van der Waals surface area contributed by atoms with Crippen molar-refractivity contribution in [1.29, 1.82) is 0 Å². The number of halogens is 3. The van der Waals surface area contributed by atoms with Crippen LogP contribution >= 0.6 is 15.9 Å². The number of aromatic nitrogens is 2. The molecule has 96 valence electrons. The first kappa shape index (κ1) is 14.1. The molecule has 0 radical (unpaired) electrons. The molecule has 0 fully saturated rings. The third-order valence-corrected chi connectivity index (χ3v) is 2.60. The average Bonchev–Trinajstić information content (AvgIpc) is 2.55. The molecular formula is C10H14BrF2N3O. The van der Waals surface area contributed by atoms with Crippen molar-refractivity contribution in [2.24, 2.45) is 7.05 Å². The van der Waals surface area contributed by atoms with Gasteiger partial charge in [-0.1, -0.05) is 15.9 Å². The van der Waals surface area contributed by atoms with Crippen molar-refractivity contribution >= 4 is 21.8 Å². The first-order chi connectivity index (χ1) is 7.95. The van der Waals surface area contributed by atoms with Gasteiger partial charge in [0.25, 0.3) is 12.3 Å². The Kier molecular flexibility index (Phi) is 5.04. The Morgan fingerprint density at radius 1 is 1.65 bits per heavy atom. The van der Waals surface area contributed by atoms with Gasteiger partial charge in [0.05, 0.1) is 17.8 Å². The number of hydrogen-bond acceptors (Lipinski definition) is 2. The van der Waals surface area contributed by atoms with Gasteiger partial charge in [0, 0.05) is 25.1 Å². The second-order valence-electron chi connectivity index (χ2n) is 3.63. The minimum absolute atomic E-state index is 0.248. The van der Waals surface area contributed by atoms with Crippen LogP contribution in [0.5, 0.6) is 0 Å². The predicted octanol–water partition coefficient (Wildman–Crippen LogP) is 1.83. The van der Waals surface area contributed by atoms with Crippen LogP contribution in [0.4, 0.5) is 8.78 Å². The zero-order valence-electron chi connectivity index (χ0n) is 9.66. The maximum Gasteiger partial charge on any atom is 0.257 e. The Labute approximate surface area is 107 Å². The molecule has 0 aliphatic rings. The van der Waals surface area contributed by atoms with E-state index in [1.165, 1.54) is 4.68 Å². The van der Waals surface area contributed by atoms with E-state index in [-0.39, 0.29) is 6.54 Å². The van der Waals surface area contributed by atoms with Crippen molar-refractivity contribution in [3.8, 4) is 0 Å². The van der Waals surface area contributed by atoms with Crippen LogP contribution in [0.3, 0.4) is 0 Å². The molecule has 7 heteroatoms. The van der Waals surface area contributed by atoms with Crippen molar-refractivity contribution in [2.75, 3.05) is 18.4 Å². The Hall–Kier alpha value is -0.980. The summed E-state index contributed by atoms with van der Waals surface area (Å²) in [6, 6.07) is 0. The van der Waals surface area contributed by atoms with E-state index in [9.17, 15) is 13.6 Å². The van der Waals surface area contributed by atoms with E-state index < -0.39 is 18.9 Å². The van der Waals surface area contributed by atoms with E-state index in [1.807, 2.05) is 0 Å². The summed E-state index contributed by atoms with van der Waals surface area (Å²) >= 11 is 3.14. The van der Waals surface area contributed by atoms with Gasteiger partial charge in [0.1, 0.15) is 0 Å². The Balaban J connectivity index is 2.87. The van der Waals surface area contributed by atoms with Crippen molar-refractivity contribution < 1.29 is 13.6 Å². The second-order valence-corrected chi connectivity index (χ2v) is 4.43. The molecule has 0 aromatic carbocycles. The normalized spacial score (nSPS) is 10.9. The Morgan fingerprint density at radius 2 is 2.29 bits per heavy atom. The highest BCUT2D eigenvalue weighted by atomic mass is 79.9. The van der Waals surface area contributed by atoms with E-state index in [0.717, 1.165) is 4.90 Å². The van der Waals surface area contributed by atoms with Gasteiger partial charge in [-0.05, 0) is 6.92 Å². The Bertz CT molecular complexity index is 395. The van der Waals surface area contributed by atoms with Crippen LogP contribution in [-0.4, -0.2) is 45.4 Å². The highest BCUT2D eigenvalue weighted by Crippen LogP contribution is 2.11. The maximum absolute atomic E-state index is 12.4. The van der Waals surface area contributed by atoms with Gasteiger partial charge >= 0.3 is 0 Å². The SMILES string of the molecule is Cc1nn(C)cc1C(=O)N(CCBr)CC(F)F. The lowest BCUT2D eigenvalue weighted by Gasteiger charge is -2.20. The van der Waals surface area contributed by atoms with E-state index in [0.29, 0.717) is 16.6 Å². The molecule has 4 nitrogen and oxygen atoms in total. The smallest absolute Gasteiger partial charge is 0.257 e. The monoisotopic (exact) mass is 309 g/mol. The van der Waals surface area contributed by atoms with Gasteiger partial charge in [0.15, 0.2) is 0 Å². The molecule has 1 aromatic rings. The molecule has 0 bridgehead atoms. The zero-order chi connectivity index (χ0) is 13.0. The van der Waals surface area contributed by atoms with Crippen LogP contribution in [0.25, 0.3) is 0 Å². The molecule has 0 N–H and O–H groups in total. The average molecular weight is 310 g/mol. The van der Waals surface area contributed by atoms with Gasteiger partial charge in [0.2, 0.25) is 0 Å². The molecule has 0 aliphatic carbocycles. The molecule has 0 saturated heterocycles. The third kappa shape index (κ3) is 3.76. The van der Waals surface area contributed by atoms with Crippen LogP contribution in [-0.2, 0) is 7.05 Å². The fourth-order valence-corrected chi connectivity index (χ4v) is 1.95. The standard InChI is InChI=1S/C10H14BrF2N3O/c1-7-8(5-15(2)14-7)10(17)16(4-3-11)6-9(12)13/h5,9H,3-4,6H2,1-2H3. The van der Waals surface area contributed by atoms with E-state index in [2.05, 4.69) is 21.0 Å². The van der Waals surface area contributed by atoms with Crippen molar-refractivity contribution in [3.63, 3.8) is 0 Å². The fraction of sp³-hybridized carbons (Fsp3) is 0.600. The highest BCUT2D eigenvalue weighted by Gasteiger charge is 2.22. The van der Waals surface area contributed by atoms with E-state index in [1.54, 1.807) is 20.2 Å². The molecular weight excluding hydrogens is 296 g/mol. The Morgan fingerprint density at radius 3 is 2.71 bits per heavy atom. The fourth-order valence-electron chi connectivity index (χ4n) is 1.52. The van der Waals surface area contributed by atoms with Gasteiger partial charge in [-0.15, -0.1) is 0 Å². The van der Waals surface area contributed by atoms with Gasteiger partial charge in [-0.2, -0.15) is 5.10 Å². The number of amides is 1. The van der Waals surface area contributed by atoms with Crippen molar-refractivity contribution in [1.82, 2.24) is 14.7 Å². The summed E-state index contributed by atoms with van der Waals surface area (Å²) in [5.74, 6) is -0.407. The highest BCUT2D eigenvalue weighted by molar-refractivity contribution is 9.09. The predicted molar refractivity (Wildman–Crippen MR) is 63.6 cm³/mol. The largest absolute Gasteiger partial charge is 0.332 e. The molecule has 0 atom stereocenters. The van der Waals surface area contributed by atoms with E-state index >= 15 is 0 Å². The van der Waals surface area contributed by atoms with E-state index in [4.69, 9.17) is 0 Å². The first-order valence-electron chi connectivity index (χ1n) is 5.09. The molecule has 1 amide bonds. The lowest BCUT2D eigenvalue weighted by molar-refractivity contribution is 0.0572. The number of aryl methyl sites for hydroxylation is 2. The number of hydrogen-bond donors (Lipinski definition) is 0. The number of rotatable bonds is 5. The van der Waals surface area contributed by atoms with Crippen LogP contribution < -0.4 is 0 Å². The molecule has 0 aliphatic heterocycles. The molecule has 0 unspecified atom stereocenters. The van der Waals surface area contributed by atoms with Crippen molar-refractivity contribution in [3.05, 3.63) is 17.5 Å². The first-order valence-corrected chi connectivity index (χ1v) is 6.21. The third-order valence-electron chi connectivity index (χ3n) is 2.24. The molecule has 1 heterocycles. The topological polar surface area (TPSA) is 38.1 Å². The lowest BCUT2D eigenvalue weighted by Crippen LogP contribution is -2.36. The summed E-state index contributed by atoms with van der Waals surface area (Å²) in [6.45, 7) is 1.37. The summed E-state index contributed by atoms with van der Waals surface area (Å²) < 4.78 is 26.2. The number of carbonyl (C=O) groups excluding carboxylic acids is 1. The lowest BCUT2D eigenvalue weighted by atomic mass is 10.2. The van der Waals surface area contributed by atoms with Crippen LogP contribution in [0.1, 0.15) is 16.1 Å². The minimum atomic E-state index is -2.53. The van der Waals surface area contributed by atoms with Crippen LogP contribution in [0, 0.1) is 6.92 Å². The maximum atomic E-state index is 12.4. The number of carbonyl (C=O) groups is 1. The van der Waals surface area contributed by atoms with Crippen LogP contribution in [0.15, 0.2) is 6.20 Å². The zero-order valence-corrected chi connectivity index (χ0v) is 11.2. The quantitative estimate of drug-likeness (QED) is 0.778. The summed E-state index contributed by atoms with van der Waals surface area (Å²) in [5.41, 5.74) is 0.917. The minimum Gasteiger partial charge on any atom is -0.332 e. The molecule has 17 heavy (non-hydrogen) atoms. The number of alkyl halides is 3. The molecule has 0 spiro atoms. The number of nitrogens with zero attached hydrogens (tertiary/aromatic N) is 3. The van der Waals surface area contributed by atoms with Crippen LogP contribution in [0.2, 0.25) is 0 Å². The summed E-state index contributed by atoms with van der Waals surface area (Å²) in [7, 11) is 1.69. The van der Waals surface area contributed by atoms with Gasteiger partial charge < -0.3 is 4.90 Å². The molecule has 1 rings (SSSR count). The molecule has 0 saturated carbocycles. The summed E-state index contributed by atoms with van der Waals surface area (Å²) in [5, 5.41) is 4.49. The second kappa shape index (κ2) is 6.09. The summed E-state index contributed by atoms with van der Waals surface area (Å²) in [6.07, 6.45) is -0.986. The van der Waals surface area contributed by atoms with Gasteiger partial charge in [-0.3, -0.25) is 9.48 Å². The summed E-state index contributed by atoms with van der Waals surface area (Å²) in [4.78, 5) is 13.2. The van der Waals surface area contributed by atoms with Crippen molar-refractivity contribution in [2.45, 2.75) is 13.3 Å². The van der Waals surface area contributed by atoms with Gasteiger partial charge in [-0.25, -0.2) is 8.78 Å².